The van der Waals surface area contributed by atoms with E-state index >= 15 is 0 Å². The number of nitriles is 1. The predicted molar refractivity (Wildman–Crippen MR) is 51.1 cm³/mol. The highest BCUT2D eigenvalue weighted by Gasteiger charge is 2.14. The van der Waals surface area contributed by atoms with E-state index in [1.807, 2.05) is 20.8 Å². The van der Waals surface area contributed by atoms with Crippen molar-refractivity contribution in [3.8, 4) is 6.07 Å². The maximum atomic E-state index is 8.75. The zero-order valence-corrected chi connectivity index (χ0v) is 8.75. The van der Waals surface area contributed by atoms with Gasteiger partial charge >= 0.3 is 0 Å². The van der Waals surface area contributed by atoms with E-state index < -0.39 is 0 Å². The van der Waals surface area contributed by atoms with Crippen LogP contribution in [-0.4, -0.2) is 19.5 Å². The third kappa shape index (κ3) is 5.62. The Morgan fingerprint density at radius 1 is 1.15 bits per heavy atom. The Morgan fingerprint density at radius 3 is 2.00 bits per heavy atom. The minimum atomic E-state index is -0.209. The highest BCUT2D eigenvalue weighted by atomic mass is 16.7. The van der Waals surface area contributed by atoms with Gasteiger partial charge in [-0.25, -0.2) is 0 Å². The molecule has 1 atom stereocenters. The number of hydrogen-bond donors (Lipinski definition) is 0. The number of nitrogens with zero attached hydrogens (tertiary/aromatic N) is 1. The summed E-state index contributed by atoms with van der Waals surface area (Å²) in [6, 6.07) is 2.24. The van der Waals surface area contributed by atoms with E-state index in [-0.39, 0.29) is 12.2 Å². The molecule has 0 aliphatic carbocycles. The number of hydrogen-bond acceptors (Lipinski definition) is 3. The molecule has 3 nitrogen and oxygen atoms in total. The Bertz CT molecular complexity index is 147. The normalized spacial score (nSPS) is 12.8. The molecule has 0 amide bonds. The quantitative estimate of drug-likeness (QED) is 0.572. The van der Waals surface area contributed by atoms with Gasteiger partial charge in [-0.3, -0.25) is 0 Å². The Labute approximate surface area is 80.6 Å². The van der Waals surface area contributed by atoms with Crippen LogP contribution in [-0.2, 0) is 9.47 Å². The summed E-state index contributed by atoms with van der Waals surface area (Å²) in [6.07, 6.45) is 1.32. The fraction of sp³-hybridized carbons (Fsp3) is 0.900. The second-order valence-electron chi connectivity index (χ2n) is 2.81. The topological polar surface area (TPSA) is 42.2 Å². The Kier molecular flexibility index (Phi) is 7.66. The molecule has 0 fully saturated rings. The molecule has 3 heteroatoms. The maximum Gasteiger partial charge on any atom is 0.158 e. The molecule has 0 N–H and O–H groups in total. The van der Waals surface area contributed by atoms with Crippen LogP contribution in [0.25, 0.3) is 0 Å². The van der Waals surface area contributed by atoms with Crippen LogP contribution >= 0.6 is 0 Å². The molecule has 0 rings (SSSR count). The molecule has 0 aliphatic rings. The second kappa shape index (κ2) is 8.03. The van der Waals surface area contributed by atoms with Gasteiger partial charge < -0.3 is 9.47 Å². The van der Waals surface area contributed by atoms with Crippen LogP contribution in [0.4, 0.5) is 0 Å². The predicted octanol–water partition coefficient (Wildman–Crippen LogP) is 2.33. The van der Waals surface area contributed by atoms with Crippen molar-refractivity contribution in [1.82, 2.24) is 0 Å². The summed E-state index contributed by atoms with van der Waals surface area (Å²) < 4.78 is 10.7. The highest BCUT2D eigenvalue weighted by molar-refractivity contribution is 4.82. The SMILES string of the molecule is CCOC(CC(C#N)CC)OCC. The van der Waals surface area contributed by atoms with Gasteiger partial charge in [0.05, 0.1) is 12.0 Å². The third-order valence-corrected chi connectivity index (χ3v) is 1.86. The lowest BCUT2D eigenvalue weighted by molar-refractivity contribution is -0.143. The molecule has 0 heterocycles. The van der Waals surface area contributed by atoms with E-state index in [2.05, 4.69) is 6.07 Å². The van der Waals surface area contributed by atoms with E-state index in [1.165, 1.54) is 0 Å². The van der Waals surface area contributed by atoms with E-state index in [0.29, 0.717) is 19.6 Å². The summed E-state index contributed by atoms with van der Waals surface area (Å²) in [5.41, 5.74) is 0. The average molecular weight is 185 g/mol. The first-order valence-electron chi connectivity index (χ1n) is 4.91. The van der Waals surface area contributed by atoms with E-state index in [4.69, 9.17) is 14.7 Å². The third-order valence-electron chi connectivity index (χ3n) is 1.86. The second-order valence-corrected chi connectivity index (χ2v) is 2.81. The van der Waals surface area contributed by atoms with Gasteiger partial charge in [-0.2, -0.15) is 5.26 Å². The van der Waals surface area contributed by atoms with Crippen molar-refractivity contribution in [2.24, 2.45) is 5.92 Å². The molecule has 0 aromatic carbocycles. The van der Waals surface area contributed by atoms with Gasteiger partial charge in [0.25, 0.3) is 0 Å². The minimum Gasteiger partial charge on any atom is -0.353 e. The van der Waals surface area contributed by atoms with Gasteiger partial charge in [0.1, 0.15) is 0 Å². The summed E-state index contributed by atoms with van der Waals surface area (Å²) in [7, 11) is 0. The monoisotopic (exact) mass is 185 g/mol. The van der Waals surface area contributed by atoms with Crippen molar-refractivity contribution < 1.29 is 9.47 Å². The number of ether oxygens (including phenoxy) is 2. The van der Waals surface area contributed by atoms with Gasteiger partial charge in [-0.15, -0.1) is 0 Å². The molecule has 1 unspecified atom stereocenters. The lowest BCUT2D eigenvalue weighted by Crippen LogP contribution is -2.20. The largest absolute Gasteiger partial charge is 0.353 e. The molecular weight excluding hydrogens is 166 g/mol. The first kappa shape index (κ1) is 12.4. The van der Waals surface area contributed by atoms with Crippen LogP contribution in [0.1, 0.15) is 33.6 Å². The van der Waals surface area contributed by atoms with Crippen molar-refractivity contribution in [3.63, 3.8) is 0 Å². The van der Waals surface area contributed by atoms with Crippen LogP contribution in [0.15, 0.2) is 0 Å². The van der Waals surface area contributed by atoms with Crippen molar-refractivity contribution in [2.45, 2.75) is 39.9 Å². The lowest BCUT2D eigenvalue weighted by atomic mass is 10.0. The summed E-state index contributed by atoms with van der Waals surface area (Å²) in [5, 5.41) is 8.75. The van der Waals surface area contributed by atoms with Gasteiger partial charge in [0.15, 0.2) is 6.29 Å². The first-order valence-corrected chi connectivity index (χ1v) is 4.91. The molecule has 0 radical (unpaired) electrons. The molecule has 0 saturated carbocycles. The van der Waals surface area contributed by atoms with Gasteiger partial charge in [-0.1, -0.05) is 6.92 Å². The van der Waals surface area contributed by atoms with Crippen molar-refractivity contribution in [3.05, 3.63) is 0 Å². The van der Waals surface area contributed by atoms with E-state index in [1.54, 1.807) is 0 Å². The van der Waals surface area contributed by atoms with E-state index in [0.717, 1.165) is 6.42 Å². The molecule has 0 spiro atoms. The molecule has 0 saturated heterocycles. The van der Waals surface area contributed by atoms with Crippen LogP contribution < -0.4 is 0 Å². The molecule has 0 aliphatic heterocycles. The van der Waals surface area contributed by atoms with Crippen LogP contribution in [0.3, 0.4) is 0 Å². The van der Waals surface area contributed by atoms with E-state index in [9.17, 15) is 0 Å². The average Bonchev–Trinajstić information content (AvgIpc) is 2.14. The maximum absolute atomic E-state index is 8.75. The molecular formula is C10H19NO2. The molecule has 0 bridgehead atoms. The fourth-order valence-electron chi connectivity index (χ4n) is 1.10. The van der Waals surface area contributed by atoms with Crippen LogP contribution in [0.5, 0.6) is 0 Å². The van der Waals surface area contributed by atoms with Crippen LogP contribution in [0, 0.1) is 17.2 Å². The summed E-state index contributed by atoms with van der Waals surface area (Å²) in [4.78, 5) is 0. The summed E-state index contributed by atoms with van der Waals surface area (Å²) in [6.45, 7) is 7.13. The van der Waals surface area contributed by atoms with Crippen molar-refractivity contribution in [1.29, 1.82) is 5.26 Å². The molecule has 13 heavy (non-hydrogen) atoms. The minimum absolute atomic E-state index is 0.0445. The highest BCUT2D eigenvalue weighted by Crippen LogP contribution is 2.13. The number of rotatable bonds is 7. The first-order chi connectivity index (χ1) is 6.28. The molecule has 76 valence electrons. The van der Waals surface area contributed by atoms with Gasteiger partial charge in [0.2, 0.25) is 0 Å². The Hall–Kier alpha value is -0.590. The Balaban J connectivity index is 3.85. The van der Waals surface area contributed by atoms with Crippen molar-refractivity contribution in [2.75, 3.05) is 13.2 Å². The Morgan fingerprint density at radius 2 is 1.69 bits per heavy atom. The molecule has 0 aromatic heterocycles. The summed E-state index contributed by atoms with van der Waals surface area (Å²) >= 11 is 0. The lowest BCUT2D eigenvalue weighted by Gasteiger charge is -2.18. The smallest absolute Gasteiger partial charge is 0.158 e. The zero-order valence-electron chi connectivity index (χ0n) is 8.75. The fourth-order valence-corrected chi connectivity index (χ4v) is 1.10. The zero-order chi connectivity index (χ0) is 10.1. The van der Waals surface area contributed by atoms with Gasteiger partial charge in [-0.05, 0) is 20.3 Å². The summed E-state index contributed by atoms with van der Waals surface area (Å²) in [5.74, 6) is 0.0445. The van der Waals surface area contributed by atoms with Crippen LogP contribution in [0.2, 0.25) is 0 Å². The standard InChI is InChI=1S/C10H19NO2/c1-4-9(8-11)7-10(12-5-2)13-6-3/h9-10H,4-7H2,1-3H3. The molecule has 0 aromatic rings. The van der Waals surface area contributed by atoms with Gasteiger partial charge in [0, 0.05) is 19.6 Å². The van der Waals surface area contributed by atoms with Crippen molar-refractivity contribution >= 4 is 0 Å².